The van der Waals surface area contributed by atoms with Crippen molar-refractivity contribution in [1.82, 2.24) is 0 Å². The van der Waals surface area contributed by atoms with E-state index in [0.29, 0.717) is 5.02 Å². The summed E-state index contributed by atoms with van der Waals surface area (Å²) in [5, 5.41) is 0.685. The lowest BCUT2D eigenvalue weighted by Gasteiger charge is -2.39. The van der Waals surface area contributed by atoms with Crippen molar-refractivity contribution in [2.45, 2.75) is 38.2 Å². The molecule has 0 N–H and O–H groups in total. The summed E-state index contributed by atoms with van der Waals surface area (Å²) in [6.45, 7) is 1.90. The average Bonchev–Trinajstić information content (AvgIpc) is 2.44. The summed E-state index contributed by atoms with van der Waals surface area (Å²) < 4.78 is 5.61. The van der Waals surface area contributed by atoms with E-state index in [4.69, 9.17) is 16.3 Å². The smallest absolute Gasteiger partial charge is 0.199 e. The molecule has 0 spiro atoms. The fourth-order valence-electron chi connectivity index (χ4n) is 3.30. The minimum Gasteiger partial charge on any atom is -0.366 e. The molecule has 2 nitrogen and oxygen atoms in total. The second kappa shape index (κ2) is 4.46. The van der Waals surface area contributed by atoms with Gasteiger partial charge < -0.3 is 4.74 Å². The Bertz CT molecular complexity index is 588. The van der Waals surface area contributed by atoms with Gasteiger partial charge in [0.25, 0.3) is 0 Å². The third-order valence-electron chi connectivity index (χ3n) is 4.44. The average molecular weight is 277 g/mol. The molecule has 1 aromatic rings. The minimum atomic E-state index is -0.795. The Morgan fingerprint density at radius 1 is 1.21 bits per heavy atom. The Balaban J connectivity index is 2.29. The predicted octanol–water partition coefficient (Wildman–Crippen LogP) is 4.27. The molecule has 19 heavy (non-hydrogen) atoms. The highest BCUT2D eigenvalue weighted by atomic mass is 35.5. The number of methoxy groups -OCH3 is 1. The molecule has 1 aromatic carbocycles. The van der Waals surface area contributed by atoms with Crippen LogP contribution in [0.5, 0.6) is 0 Å². The summed E-state index contributed by atoms with van der Waals surface area (Å²) in [5.41, 5.74) is 3.39. The van der Waals surface area contributed by atoms with Gasteiger partial charge in [-0.1, -0.05) is 11.6 Å². The molecule has 0 heterocycles. The molecule has 1 atom stereocenters. The second-order valence-corrected chi connectivity index (χ2v) is 5.86. The van der Waals surface area contributed by atoms with E-state index in [-0.39, 0.29) is 5.78 Å². The van der Waals surface area contributed by atoms with E-state index >= 15 is 0 Å². The normalized spacial score (nSPS) is 26.2. The summed E-state index contributed by atoms with van der Waals surface area (Å²) in [4.78, 5) is 12.7. The van der Waals surface area contributed by atoms with E-state index in [2.05, 4.69) is 0 Å². The third kappa shape index (κ3) is 1.78. The van der Waals surface area contributed by atoms with Crippen molar-refractivity contribution >= 4 is 23.0 Å². The Labute approximate surface area is 118 Å². The van der Waals surface area contributed by atoms with Gasteiger partial charge in [0.1, 0.15) is 5.60 Å². The topological polar surface area (TPSA) is 26.3 Å². The standard InChI is InChI=1S/C16H17ClO2/c1-16(19-2)14-6-4-3-5-11(14)13-9-10(17)7-8-12(13)15(16)18/h7-9H,3-6H2,1-2H3. The van der Waals surface area contributed by atoms with Crippen molar-refractivity contribution < 1.29 is 9.53 Å². The van der Waals surface area contributed by atoms with Crippen LogP contribution < -0.4 is 0 Å². The Morgan fingerprint density at radius 2 is 1.95 bits per heavy atom. The molecule has 0 radical (unpaired) electrons. The highest BCUT2D eigenvalue weighted by molar-refractivity contribution is 6.31. The fourth-order valence-corrected chi connectivity index (χ4v) is 3.48. The number of hydrogen-bond acceptors (Lipinski definition) is 2. The van der Waals surface area contributed by atoms with Gasteiger partial charge in [-0.05, 0) is 67.5 Å². The summed E-state index contributed by atoms with van der Waals surface area (Å²) >= 11 is 6.10. The summed E-state index contributed by atoms with van der Waals surface area (Å²) in [6, 6.07) is 5.53. The Kier molecular flexibility index (Phi) is 3.03. The first-order chi connectivity index (χ1) is 9.08. The van der Waals surface area contributed by atoms with Crippen LogP contribution in [0.25, 0.3) is 5.57 Å². The van der Waals surface area contributed by atoms with Gasteiger partial charge in [-0.2, -0.15) is 0 Å². The van der Waals surface area contributed by atoms with Gasteiger partial charge in [-0.25, -0.2) is 0 Å². The third-order valence-corrected chi connectivity index (χ3v) is 4.67. The Morgan fingerprint density at radius 3 is 2.68 bits per heavy atom. The van der Waals surface area contributed by atoms with Gasteiger partial charge >= 0.3 is 0 Å². The molecule has 0 bridgehead atoms. The highest BCUT2D eigenvalue weighted by Crippen LogP contribution is 2.46. The van der Waals surface area contributed by atoms with Crippen LogP contribution in [0.3, 0.4) is 0 Å². The number of Topliss-reactive ketones (excluding diaryl/α,β-unsaturated/α-hetero) is 1. The largest absolute Gasteiger partial charge is 0.366 e. The molecule has 3 rings (SSSR count). The van der Waals surface area contributed by atoms with Crippen LogP contribution in [0, 0.1) is 0 Å². The summed E-state index contributed by atoms with van der Waals surface area (Å²) in [6.07, 6.45) is 4.24. The lowest BCUT2D eigenvalue weighted by molar-refractivity contribution is 0.0289. The number of ether oxygens (including phenoxy) is 1. The van der Waals surface area contributed by atoms with E-state index in [1.165, 1.54) is 12.0 Å². The first kappa shape index (κ1) is 12.9. The van der Waals surface area contributed by atoms with E-state index in [0.717, 1.165) is 36.0 Å². The number of fused-ring (bicyclic) bond motifs is 2. The number of carbonyl (C=O) groups is 1. The van der Waals surface area contributed by atoms with Crippen molar-refractivity contribution in [2.75, 3.05) is 7.11 Å². The summed E-state index contributed by atoms with van der Waals surface area (Å²) in [7, 11) is 1.62. The predicted molar refractivity (Wildman–Crippen MR) is 76.6 cm³/mol. The number of benzene rings is 1. The number of carbonyl (C=O) groups excluding carboxylic acids is 1. The molecule has 3 heteroatoms. The van der Waals surface area contributed by atoms with Crippen molar-refractivity contribution in [3.05, 3.63) is 39.9 Å². The molecule has 2 aliphatic carbocycles. The lowest BCUT2D eigenvalue weighted by Crippen LogP contribution is -2.43. The lowest BCUT2D eigenvalue weighted by atomic mass is 9.70. The Hall–Kier alpha value is -1.12. The number of halogens is 1. The van der Waals surface area contributed by atoms with Gasteiger partial charge in [0, 0.05) is 17.7 Å². The molecular formula is C16H17ClO2. The van der Waals surface area contributed by atoms with E-state index in [1.807, 2.05) is 19.1 Å². The number of rotatable bonds is 1. The first-order valence-electron chi connectivity index (χ1n) is 6.70. The minimum absolute atomic E-state index is 0.0577. The van der Waals surface area contributed by atoms with Gasteiger partial charge in [0.15, 0.2) is 5.78 Å². The molecule has 0 amide bonds. The van der Waals surface area contributed by atoms with Crippen LogP contribution >= 0.6 is 11.6 Å². The molecule has 0 aliphatic heterocycles. The van der Waals surface area contributed by atoms with Gasteiger partial charge in [-0.15, -0.1) is 0 Å². The van der Waals surface area contributed by atoms with Crippen LogP contribution in [-0.4, -0.2) is 18.5 Å². The molecule has 0 saturated carbocycles. The van der Waals surface area contributed by atoms with Gasteiger partial charge in [-0.3, -0.25) is 4.79 Å². The van der Waals surface area contributed by atoms with E-state index in [9.17, 15) is 4.79 Å². The zero-order valence-corrected chi connectivity index (χ0v) is 12.0. The van der Waals surface area contributed by atoms with Gasteiger partial charge in [0.2, 0.25) is 0 Å². The summed E-state index contributed by atoms with van der Waals surface area (Å²) in [5.74, 6) is 0.0577. The zero-order valence-electron chi connectivity index (χ0n) is 11.3. The number of allylic oxidation sites excluding steroid dienone is 1. The maximum Gasteiger partial charge on any atom is 0.199 e. The molecule has 0 saturated heterocycles. The molecular weight excluding hydrogens is 260 g/mol. The van der Waals surface area contributed by atoms with Crippen LogP contribution in [0.4, 0.5) is 0 Å². The van der Waals surface area contributed by atoms with Gasteiger partial charge in [0.05, 0.1) is 0 Å². The van der Waals surface area contributed by atoms with Crippen LogP contribution in [0.1, 0.15) is 48.5 Å². The SMILES string of the molecule is COC1(C)C(=O)c2ccc(Cl)cc2C2=C1CCCC2. The monoisotopic (exact) mass is 276 g/mol. The van der Waals surface area contributed by atoms with Crippen molar-refractivity contribution in [3.63, 3.8) is 0 Å². The zero-order chi connectivity index (χ0) is 13.6. The molecule has 0 fully saturated rings. The van der Waals surface area contributed by atoms with E-state index < -0.39 is 5.60 Å². The van der Waals surface area contributed by atoms with Crippen molar-refractivity contribution in [1.29, 1.82) is 0 Å². The fraction of sp³-hybridized carbons (Fsp3) is 0.438. The molecule has 0 aromatic heterocycles. The molecule has 1 unspecified atom stereocenters. The van der Waals surface area contributed by atoms with Crippen LogP contribution in [0.15, 0.2) is 23.8 Å². The van der Waals surface area contributed by atoms with Crippen molar-refractivity contribution in [3.8, 4) is 0 Å². The number of ketones is 1. The van der Waals surface area contributed by atoms with E-state index in [1.54, 1.807) is 13.2 Å². The first-order valence-corrected chi connectivity index (χ1v) is 7.08. The second-order valence-electron chi connectivity index (χ2n) is 5.42. The maximum atomic E-state index is 12.7. The quantitative estimate of drug-likeness (QED) is 0.766. The van der Waals surface area contributed by atoms with Crippen LogP contribution in [-0.2, 0) is 4.74 Å². The molecule has 100 valence electrons. The van der Waals surface area contributed by atoms with Crippen molar-refractivity contribution in [2.24, 2.45) is 0 Å². The highest BCUT2D eigenvalue weighted by Gasteiger charge is 2.44. The number of hydrogen-bond donors (Lipinski definition) is 0. The maximum absolute atomic E-state index is 12.7. The van der Waals surface area contributed by atoms with Crippen LogP contribution in [0.2, 0.25) is 5.02 Å². The molecule has 2 aliphatic rings.